The molecule has 0 radical (unpaired) electrons. The third-order valence-electron chi connectivity index (χ3n) is 4.83. The number of hydrogen-bond acceptors (Lipinski definition) is 6. The van der Waals surface area contributed by atoms with Crippen LogP contribution in [0.5, 0.6) is 5.75 Å². The number of rotatable bonds is 3. The SMILES string of the molecule is COC(=O)c1ccc(-c2cnn(C3CCN(C(=O)OC(C)(C)C)CC3)c2)cc1O. The largest absolute Gasteiger partial charge is 0.507 e. The number of piperidine rings is 1. The standard InChI is InChI=1S/C21H27N3O5/c1-21(2,3)29-20(27)23-9-7-16(8-10-23)24-13-15(12-22-24)14-5-6-17(18(25)11-14)19(26)28-4/h5-6,11-13,16,25H,7-10H2,1-4H3. The predicted octanol–water partition coefficient (Wildman–Crippen LogP) is 3.61. The fourth-order valence-electron chi connectivity index (χ4n) is 3.32. The Morgan fingerprint density at radius 3 is 2.45 bits per heavy atom. The summed E-state index contributed by atoms with van der Waals surface area (Å²) < 4.78 is 12.0. The molecule has 156 valence electrons. The molecule has 1 aliphatic heterocycles. The van der Waals surface area contributed by atoms with Gasteiger partial charge in [0.2, 0.25) is 0 Å². The summed E-state index contributed by atoms with van der Waals surface area (Å²) in [7, 11) is 1.27. The Hall–Kier alpha value is -3.03. The summed E-state index contributed by atoms with van der Waals surface area (Å²) in [6, 6.07) is 5.00. The lowest BCUT2D eigenvalue weighted by molar-refractivity contribution is 0.0184. The normalized spacial score (nSPS) is 15.2. The molecule has 1 aliphatic rings. The number of phenolic OH excluding ortho intramolecular Hbond substituents is 1. The van der Waals surface area contributed by atoms with Gasteiger partial charge in [0.15, 0.2) is 0 Å². The van der Waals surface area contributed by atoms with E-state index in [1.165, 1.54) is 19.2 Å². The van der Waals surface area contributed by atoms with Crippen LogP contribution < -0.4 is 0 Å². The molecule has 0 atom stereocenters. The third-order valence-corrected chi connectivity index (χ3v) is 4.83. The van der Waals surface area contributed by atoms with Crippen LogP contribution in [-0.4, -0.2) is 57.6 Å². The summed E-state index contributed by atoms with van der Waals surface area (Å²) in [5, 5.41) is 14.6. The smallest absolute Gasteiger partial charge is 0.410 e. The second-order valence-corrected chi connectivity index (χ2v) is 8.13. The van der Waals surface area contributed by atoms with Gasteiger partial charge in [0.05, 0.1) is 19.3 Å². The van der Waals surface area contributed by atoms with Crippen molar-refractivity contribution < 1.29 is 24.2 Å². The van der Waals surface area contributed by atoms with Crippen LogP contribution in [0, 0.1) is 0 Å². The first-order valence-electron chi connectivity index (χ1n) is 9.62. The van der Waals surface area contributed by atoms with E-state index in [-0.39, 0.29) is 23.4 Å². The van der Waals surface area contributed by atoms with Gasteiger partial charge in [-0.2, -0.15) is 5.10 Å². The van der Waals surface area contributed by atoms with Crippen molar-refractivity contribution in [3.05, 3.63) is 36.2 Å². The van der Waals surface area contributed by atoms with Gasteiger partial charge in [-0.3, -0.25) is 4.68 Å². The lowest BCUT2D eigenvalue weighted by Gasteiger charge is -2.33. The van der Waals surface area contributed by atoms with Crippen molar-refractivity contribution in [2.45, 2.75) is 45.3 Å². The number of likely N-dealkylation sites (tertiary alicyclic amines) is 1. The molecule has 2 aromatic rings. The Kier molecular flexibility index (Phi) is 5.81. The number of esters is 1. The highest BCUT2D eigenvalue weighted by molar-refractivity contribution is 5.93. The summed E-state index contributed by atoms with van der Waals surface area (Å²) in [6.07, 6.45) is 4.94. The lowest BCUT2D eigenvalue weighted by atomic mass is 10.0. The second kappa shape index (κ2) is 8.14. The van der Waals surface area contributed by atoms with Gasteiger partial charge in [-0.1, -0.05) is 6.07 Å². The predicted molar refractivity (Wildman–Crippen MR) is 107 cm³/mol. The molecule has 8 nitrogen and oxygen atoms in total. The molecule has 1 amide bonds. The number of hydrogen-bond donors (Lipinski definition) is 1. The number of methoxy groups -OCH3 is 1. The van der Waals surface area contributed by atoms with Gasteiger partial charge in [-0.05, 0) is 51.3 Å². The Morgan fingerprint density at radius 1 is 1.17 bits per heavy atom. The van der Waals surface area contributed by atoms with Gasteiger partial charge in [0.1, 0.15) is 16.9 Å². The lowest BCUT2D eigenvalue weighted by Crippen LogP contribution is -2.42. The molecule has 0 unspecified atom stereocenters. The molecule has 1 N–H and O–H groups in total. The van der Waals surface area contributed by atoms with Crippen LogP contribution in [0.3, 0.4) is 0 Å². The molecular weight excluding hydrogens is 374 g/mol. The molecule has 3 rings (SSSR count). The zero-order chi connectivity index (χ0) is 21.2. The van der Waals surface area contributed by atoms with E-state index in [1.807, 2.05) is 31.6 Å². The van der Waals surface area contributed by atoms with Crippen LogP contribution in [0.15, 0.2) is 30.6 Å². The third kappa shape index (κ3) is 4.88. The van der Waals surface area contributed by atoms with E-state index in [9.17, 15) is 14.7 Å². The van der Waals surface area contributed by atoms with Gasteiger partial charge < -0.3 is 19.5 Å². The molecule has 2 heterocycles. The van der Waals surface area contributed by atoms with E-state index in [1.54, 1.807) is 17.2 Å². The minimum Gasteiger partial charge on any atom is -0.507 e. The number of phenols is 1. The quantitative estimate of drug-likeness (QED) is 0.790. The van der Waals surface area contributed by atoms with Gasteiger partial charge in [-0.25, -0.2) is 9.59 Å². The first-order chi connectivity index (χ1) is 13.7. The number of aromatic nitrogens is 2. The van der Waals surface area contributed by atoms with Crippen molar-refractivity contribution in [2.75, 3.05) is 20.2 Å². The van der Waals surface area contributed by atoms with E-state index in [0.717, 1.165) is 24.0 Å². The maximum absolute atomic E-state index is 12.2. The van der Waals surface area contributed by atoms with E-state index < -0.39 is 11.6 Å². The Balaban J connectivity index is 1.65. The molecule has 0 spiro atoms. The van der Waals surface area contributed by atoms with Crippen LogP contribution in [0.2, 0.25) is 0 Å². The zero-order valence-electron chi connectivity index (χ0n) is 17.2. The van der Waals surface area contributed by atoms with Crippen molar-refractivity contribution in [2.24, 2.45) is 0 Å². The zero-order valence-corrected chi connectivity index (χ0v) is 17.2. The number of aromatic hydroxyl groups is 1. The molecule has 1 saturated heterocycles. The maximum atomic E-state index is 12.2. The molecule has 1 aromatic carbocycles. The minimum absolute atomic E-state index is 0.123. The number of amides is 1. The highest BCUT2D eigenvalue weighted by atomic mass is 16.6. The van der Waals surface area contributed by atoms with Gasteiger partial charge in [-0.15, -0.1) is 0 Å². The van der Waals surface area contributed by atoms with Crippen LogP contribution in [0.4, 0.5) is 4.79 Å². The first-order valence-corrected chi connectivity index (χ1v) is 9.62. The van der Waals surface area contributed by atoms with Gasteiger partial charge in [0.25, 0.3) is 0 Å². The summed E-state index contributed by atoms with van der Waals surface area (Å²) in [5.41, 5.74) is 1.22. The van der Waals surface area contributed by atoms with Crippen LogP contribution in [-0.2, 0) is 9.47 Å². The highest BCUT2D eigenvalue weighted by Gasteiger charge is 2.28. The van der Waals surface area contributed by atoms with Crippen LogP contribution in [0.1, 0.15) is 50.0 Å². The maximum Gasteiger partial charge on any atom is 0.410 e. The molecule has 8 heteroatoms. The van der Waals surface area contributed by atoms with Crippen molar-refractivity contribution in [1.82, 2.24) is 14.7 Å². The number of benzene rings is 1. The minimum atomic E-state index is -0.582. The monoisotopic (exact) mass is 401 g/mol. The Labute approximate surface area is 170 Å². The molecular formula is C21H27N3O5. The fourth-order valence-corrected chi connectivity index (χ4v) is 3.32. The molecule has 1 aromatic heterocycles. The van der Waals surface area contributed by atoms with E-state index in [4.69, 9.17) is 4.74 Å². The van der Waals surface area contributed by atoms with E-state index in [0.29, 0.717) is 13.1 Å². The molecule has 29 heavy (non-hydrogen) atoms. The molecule has 0 saturated carbocycles. The Bertz CT molecular complexity index is 892. The average Bonchev–Trinajstić information content (AvgIpc) is 3.16. The summed E-state index contributed by atoms with van der Waals surface area (Å²) in [4.78, 5) is 25.5. The number of carbonyl (C=O) groups excluding carboxylic acids is 2. The van der Waals surface area contributed by atoms with Crippen molar-refractivity contribution in [3.8, 4) is 16.9 Å². The van der Waals surface area contributed by atoms with Crippen molar-refractivity contribution in [1.29, 1.82) is 0 Å². The number of ether oxygens (including phenoxy) is 2. The average molecular weight is 401 g/mol. The number of nitrogens with zero attached hydrogens (tertiary/aromatic N) is 3. The summed E-state index contributed by atoms with van der Waals surface area (Å²) in [6.45, 7) is 6.81. The molecule has 1 fully saturated rings. The first kappa shape index (κ1) is 20.7. The van der Waals surface area contributed by atoms with Gasteiger partial charge in [0, 0.05) is 24.8 Å². The summed E-state index contributed by atoms with van der Waals surface area (Å²) >= 11 is 0. The van der Waals surface area contributed by atoms with E-state index in [2.05, 4.69) is 9.84 Å². The van der Waals surface area contributed by atoms with Gasteiger partial charge >= 0.3 is 12.1 Å². The molecule has 0 bridgehead atoms. The Morgan fingerprint density at radius 2 is 1.86 bits per heavy atom. The summed E-state index contributed by atoms with van der Waals surface area (Å²) in [5.74, 6) is -0.714. The topological polar surface area (TPSA) is 93.9 Å². The number of carbonyl (C=O) groups is 2. The molecule has 0 aliphatic carbocycles. The van der Waals surface area contributed by atoms with Crippen LogP contribution in [0.25, 0.3) is 11.1 Å². The highest BCUT2D eigenvalue weighted by Crippen LogP contribution is 2.29. The second-order valence-electron chi connectivity index (χ2n) is 8.13. The van der Waals surface area contributed by atoms with Crippen LogP contribution >= 0.6 is 0 Å². The van der Waals surface area contributed by atoms with Crippen molar-refractivity contribution >= 4 is 12.1 Å². The van der Waals surface area contributed by atoms with E-state index >= 15 is 0 Å². The van der Waals surface area contributed by atoms with Crippen molar-refractivity contribution in [3.63, 3.8) is 0 Å². The fraction of sp³-hybridized carbons (Fsp3) is 0.476.